The summed E-state index contributed by atoms with van der Waals surface area (Å²) in [5.41, 5.74) is 9.50. The van der Waals surface area contributed by atoms with Gasteiger partial charge in [-0.15, -0.1) is 24.8 Å². The van der Waals surface area contributed by atoms with Gasteiger partial charge in [0.15, 0.2) is 0 Å². The number of rotatable bonds is 7. The maximum absolute atomic E-state index is 11.3. The van der Waals surface area contributed by atoms with Crippen molar-refractivity contribution in [3.05, 3.63) is 87.9 Å². The SMILES string of the molecule is Cl.Cl.Nc1cc(Oc2ccc3c(c2)C[C@@H](NC[C@@H](O)c2ccc(Cl)cc2)CC3)cc(C(=O)O)c1. The van der Waals surface area contributed by atoms with Crippen molar-refractivity contribution in [2.75, 3.05) is 12.3 Å². The van der Waals surface area contributed by atoms with Crippen molar-refractivity contribution in [2.24, 2.45) is 0 Å². The van der Waals surface area contributed by atoms with E-state index in [1.807, 2.05) is 30.3 Å². The monoisotopic (exact) mass is 524 g/mol. The van der Waals surface area contributed by atoms with Crippen LogP contribution >= 0.6 is 36.4 Å². The largest absolute Gasteiger partial charge is 0.478 e. The Kier molecular flexibility index (Phi) is 10.0. The number of nitrogens with two attached hydrogens (primary N) is 1. The highest BCUT2D eigenvalue weighted by atomic mass is 35.5. The fourth-order valence-electron chi connectivity index (χ4n) is 3.99. The number of nitrogens with one attached hydrogen (secondary N) is 1. The number of halogens is 3. The zero-order valence-electron chi connectivity index (χ0n) is 18.2. The van der Waals surface area contributed by atoms with Crippen molar-refractivity contribution in [1.82, 2.24) is 5.32 Å². The van der Waals surface area contributed by atoms with E-state index in [4.69, 9.17) is 22.1 Å². The van der Waals surface area contributed by atoms with Gasteiger partial charge in [0.05, 0.1) is 11.7 Å². The van der Waals surface area contributed by atoms with Crippen LogP contribution in [0.15, 0.2) is 60.7 Å². The molecule has 0 bridgehead atoms. The van der Waals surface area contributed by atoms with Gasteiger partial charge >= 0.3 is 5.97 Å². The van der Waals surface area contributed by atoms with Crippen molar-refractivity contribution in [3.8, 4) is 11.5 Å². The third-order valence-electron chi connectivity index (χ3n) is 5.67. The number of ether oxygens (including phenoxy) is 1. The molecule has 0 fully saturated rings. The molecule has 3 aromatic rings. The summed E-state index contributed by atoms with van der Waals surface area (Å²) < 4.78 is 5.90. The van der Waals surface area contributed by atoms with Crippen LogP contribution in [0.3, 0.4) is 0 Å². The van der Waals surface area contributed by atoms with E-state index >= 15 is 0 Å². The Bertz CT molecular complexity index is 1130. The molecular formula is C25H27Cl3N2O4. The Balaban J connectivity index is 0.00000204. The van der Waals surface area contributed by atoms with Gasteiger partial charge < -0.3 is 26.0 Å². The van der Waals surface area contributed by atoms with Gasteiger partial charge in [0.2, 0.25) is 0 Å². The number of anilines is 1. The third-order valence-corrected chi connectivity index (χ3v) is 5.92. The summed E-state index contributed by atoms with van der Waals surface area (Å²) in [5.74, 6) is -0.0336. The van der Waals surface area contributed by atoms with Gasteiger partial charge in [-0.25, -0.2) is 4.79 Å². The molecule has 3 aromatic carbocycles. The van der Waals surface area contributed by atoms with Crippen LogP contribution in [0.5, 0.6) is 11.5 Å². The second kappa shape index (κ2) is 12.3. The molecule has 0 aromatic heterocycles. The maximum atomic E-state index is 11.3. The smallest absolute Gasteiger partial charge is 0.335 e. The fraction of sp³-hybridized carbons (Fsp3) is 0.240. The first-order valence-corrected chi connectivity index (χ1v) is 10.9. The summed E-state index contributed by atoms with van der Waals surface area (Å²) in [7, 11) is 0. The van der Waals surface area contributed by atoms with E-state index in [0.717, 1.165) is 24.8 Å². The van der Waals surface area contributed by atoms with Gasteiger partial charge in [-0.3, -0.25) is 0 Å². The standard InChI is InChI=1S/C25H25ClN2O4.2ClH/c26-19-5-1-16(2-6-19)24(29)14-28-21-7-3-15-4-8-22(11-17(15)10-21)32-23-12-18(25(30)31)9-20(27)13-23;;/h1-2,4-6,8-9,11-13,21,24,28-29H,3,7,10,14,27H2,(H,30,31);2*1H/t21-,24+;;/m0../s1. The van der Waals surface area contributed by atoms with E-state index in [0.29, 0.717) is 28.8 Å². The van der Waals surface area contributed by atoms with E-state index in [1.54, 1.807) is 18.2 Å². The zero-order chi connectivity index (χ0) is 22.7. The topological polar surface area (TPSA) is 105 Å². The lowest BCUT2D eigenvalue weighted by Crippen LogP contribution is -2.37. The molecule has 0 radical (unpaired) electrons. The molecule has 182 valence electrons. The van der Waals surface area contributed by atoms with Gasteiger partial charge in [-0.05, 0) is 72.4 Å². The highest BCUT2D eigenvalue weighted by molar-refractivity contribution is 6.30. The first-order chi connectivity index (χ1) is 15.4. The highest BCUT2D eigenvalue weighted by Crippen LogP contribution is 2.30. The minimum absolute atomic E-state index is 0. The molecule has 0 amide bonds. The number of aromatic carboxylic acids is 1. The van der Waals surface area contributed by atoms with E-state index in [9.17, 15) is 15.0 Å². The molecule has 0 saturated carbocycles. The molecule has 1 aliphatic rings. The Morgan fingerprint density at radius 1 is 1.06 bits per heavy atom. The van der Waals surface area contributed by atoms with Crippen LogP contribution in [0, 0.1) is 0 Å². The Morgan fingerprint density at radius 3 is 2.50 bits per heavy atom. The van der Waals surface area contributed by atoms with E-state index in [1.165, 1.54) is 23.3 Å². The van der Waals surface area contributed by atoms with E-state index < -0.39 is 12.1 Å². The quantitative estimate of drug-likeness (QED) is 0.306. The number of nitrogen functional groups attached to an aromatic ring is 1. The van der Waals surface area contributed by atoms with Crippen molar-refractivity contribution in [2.45, 2.75) is 31.4 Å². The first kappa shape index (κ1) is 27.8. The maximum Gasteiger partial charge on any atom is 0.335 e. The van der Waals surface area contributed by atoms with Crippen LogP contribution in [0.25, 0.3) is 0 Å². The lowest BCUT2D eigenvalue weighted by atomic mass is 9.88. The molecule has 0 spiro atoms. The fourth-order valence-corrected chi connectivity index (χ4v) is 4.12. The molecule has 9 heteroatoms. The van der Waals surface area contributed by atoms with Crippen LogP contribution < -0.4 is 15.8 Å². The lowest BCUT2D eigenvalue weighted by molar-refractivity contribution is 0.0696. The summed E-state index contributed by atoms with van der Waals surface area (Å²) >= 11 is 5.92. The van der Waals surface area contributed by atoms with Crippen molar-refractivity contribution < 1.29 is 19.7 Å². The minimum atomic E-state index is -1.05. The van der Waals surface area contributed by atoms with Crippen LogP contribution in [0.2, 0.25) is 5.02 Å². The van der Waals surface area contributed by atoms with Crippen LogP contribution in [-0.2, 0) is 12.8 Å². The van der Waals surface area contributed by atoms with Gasteiger partial charge in [-0.1, -0.05) is 29.8 Å². The highest BCUT2D eigenvalue weighted by Gasteiger charge is 2.20. The first-order valence-electron chi connectivity index (χ1n) is 10.5. The molecule has 1 aliphatic carbocycles. The molecule has 0 aliphatic heterocycles. The predicted octanol–water partition coefficient (Wildman–Crippen LogP) is 5.44. The number of hydrogen-bond acceptors (Lipinski definition) is 5. The normalized spacial score (nSPS) is 15.3. The summed E-state index contributed by atoms with van der Waals surface area (Å²) in [6.45, 7) is 0.457. The number of carbonyl (C=O) groups is 1. The molecule has 6 nitrogen and oxygen atoms in total. The molecule has 34 heavy (non-hydrogen) atoms. The zero-order valence-corrected chi connectivity index (χ0v) is 20.6. The van der Waals surface area contributed by atoms with Crippen molar-refractivity contribution in [1.29, 1.82) is 0 Å². The van der Waals surface area contributed by atoms with Gasteiger partial charge in [0, 0.05) is 29.4 Å². The van der Waals surface area contributed by atoms with E-state index in [-0.39, 0.29) is 36.4 Å². The number of aliphatic hydroxyl groups is 1. The van der Waals surface area contributed by atoms with Crippen LogP contribution in [0.1, 0.15) is 39.6 Å². The lowest BCUT2D eigenvalue weighted by Gasteiger charge is -2.27. The number of hydrogen-bond donors (Lipinski definition) is 4. The number of fused-ring (bicyclic) bond motifs is 1. The van der Waals surface area contributed by atoms with Gasteiger partial charge in [0.1, 0.15) is 11.5 Å². The molecule has 0 heterocycles. The van der Waals surface area contributed by atoms with Crippen LogP contribution in [-0.4, -0.2) is 28.8 Å². The molecular weight excluding hydrogens is 499 g/mol. The molecule has 2 atom stereocenters. The van der Waals surface area contributed by atoms with Crippen molar-refractivity contribution in [3.63, 3.8) is 0 Å². The van der Waals surface area contributed by atoms with Crippen molar-refractivity contribution >= 4 is 48.1 Å². The number of carboxylic acid groups (broad SMARTS) is 1. The number of benzene rings is 3. The molecule has 0 saturated heterocycles. The van der Waals surface area contributed by atoms with Gasteiger partial charge in [-0.2, -0.15) is 0 Å². The average Bonchev–Trinajstić information content (AvgIpc) is 2.77. The van der Waals surface area contributed by atoms with E-state index in [2.05, 4.69) is 5.32 Å². The van der Waals surface area contributed by atoms with Gasteiger partial charge in [0.25, 0.3) is 0 Å². The number of carboxylic acids is 1. The summed E-state index contributed by atoms with van der Waals surface area (Å²) in [4.78, 5) is 11.3. The summed E-state index contributed by atoms with van der Waals surface area (Å²) in [6.07, 6.45) is 2.14. The number of aryl methyl sites for hydroxylation is 1. The summed E-state index contributed by atoms with van der Waals surface area (Å²) in [5, 5.41) is 23.8. The minimum Gasteiger partial charge on any atom is -0.478 e. The Hall–Kier alpha value is -2.48. The Labute approximate surface area is 215 Å². The molecule has 5 N–H and O–H groups in total. The van der Waals surface area contributed by atoms with Crippen LogP contribution in [0.4, 0.5) is 5.69 Å². The second-order valence-corrected chi connectivity index (χ2v) is 8.48. The summed E-state index contributed by atoms with van der Waals surface area (Å²) in [6, 6.07) is 17.9. The Morgan fingerprint density at radius 2 is 1.79 bits per heavy atom. The molecule has 0 unspecified atom stereocenters. The predicted molar refractivity (Wildman–Crippen MR) is 139 cm³/mol. The third kappa shape index (κ3) is 7.01. The average molecular weight is 526 g/mol. The molecule has 4 rings (SSSR count). The number of aliphatic hydroxyl groups excluding tert-OH is 1. The second-order valence-electron chi connectivity index (χ2n) is 8.04.